The van der Waals surface area contributed by atoms with E-state index < -0.39 is 14.2 Å². The van der Waals surface area contributed by atoms with E-state index in [0.29, 0.717) is 0 Å². The Morgan fingerprint density at radius 1 is 0.583 bits per heavy atom. The highest BCUT2D eigenvalue weighted by atomic mass is 29.8. The van der Waals surface area contributed by atoms with Gasteiger partial charge in [-0.1, -0.05) is 52.4 Å². The summed E-state index contributed by atoms with van der Waals surface area (Å²) in [6.45, 7) is 21.1. The van der Waals surface area contributed by atoms with Gasteiger partial charge in [0.2, 0.25) is 0 Å². The first-order valence-electron chi connectivity index (χ1n) is 5.14. The topological polar surface area (TPSA) is 0 Å². The fraction of sp³-hybridized carbons (Fsp3) is 1.00. The lowest BCUT2D eigenvalue weighted by Crippen LogP contribution is -2.69. The zero-order valence-corrected chi connectivity index (χ0v) is 14.5. The van der Waals surface area contributed by atoms with Gasteiger partial charge in [0.05, 0.1) is 0 Å². The maximum Gasteiger partial charge on any atom is 0.0296 e. The van der Waals surface area contributed by atoms with E-state index in [2.05, 4.69) is 52.4 Å². The Bertz CT molecular complexity index is 131. The van der Waals surface area contributed by atoms with E-state index in [4.69, 9.17) is 0 Å². The number of rotatable bonds is 3. The van der Waals surface area contributed by atoms with E-state index in [1.54, 1.807) is 0 Å². The van der Waals surface area contributed by atoms with Crippen LogP contribution in [0.5, 0.6) is 0 Å². The van der Waals surface area contributed by atoms with Crippen molar-refractivity contribution in [3.63, 3.8) is 0 Å². The van der Waals surface area contributed by atoms with Crippen molar-refractivity contribution in [3.05, 3.63) is 0 Å². The molecule has 12 heavy (non-hydrogen) atoms. The molecule has 0 aliphatic heterocycles. The normalized spacial score (nSPS) is 14.5. The highest BCUT2D eigenvalue weighted by Gasteiger charge is 2.45. The monoisotopic (exact) mass is 234 g/mol. The maximum atomic E-state index is 2.68. The molecule has 0 fully saturated rings. The van der Waals surface area contributed by atoms with Gasteiger partial charge in [-0.25, -0.2) is 0 Å². The molecule has 4 heteroatoms. The van der Waals surface area contributed by atoms with Gasteiger partial charge in [-0.2, -0.15) is 0 Å². The molecule has 0 aromatic heterocycles. The lowest BCUT2D eigenvalue weighted by Gasteiger charge is -2.44. The van der Waals surface area contributed by atoms with E-state index in [1.807, 2.05) is 0 Å². The maximum absolute atomic E-state index is 2.68. The second-order valence-electron chi connectivity index (χ2n) is 5.75. The van der Waals surface area contributed by atoms with Gasteiger partial charge in [-0.15, -0.1) is 0 Å². The van der Waals surface area contributed by atoms with Gasteiger partial charge in [0.1, 0.15) is 0 Å². The Morgan fingerprint density at radius 2 is 0.750 bits per heavy atom. The van der Waals surface area contributed by atoms with Crippen LogP contribution in [0.25, 0.3) is 0 Å². The lowest BCUT2D eigenvalue weighted by molar-refractivity contribution is 1.83. The summed E-state index contributed by atoms with van der Waals surface area (Å²) >= 11 is 0. The highest BCUT2D eigenvalue weighted by molar-refractivity contribution is 7.77. The second kappa shape index (κ2) is 3.94. The fourth-order valence-corrected chi connectivity index (χ4v) is 58.2. The molecule has 0 aromatic rings. The minimum absolute atomic E-state index is 0.325. The highest BCUT2D eigenvalue weighted by Crippen LogP contribution is 2.24. The zero-order valence-electron chi connectivity index (χ0n) is 10.2. The smallest absolute Gasteiger partial charge is 0.0296 e. The third-order valence-electron chi connectivity index (χ3n) is 4.55. The summed E-state index contributed by atoms with van der Waals surface area (Å²) in [6, 6.07) is 0. The predicted octanol–water partition coefficient (Wildman–Crippen LogP) is 2.61. The second-order valence-corrected chi connectivity index (χ2v) is 44.0. The average Bonchev–Trinajstić information content (AvgIpc) is 1.86. The standard InChI is InChI=1S/C8H26Si4/c1-9(2)11(5,6)12(7,8)10(3)4/h9-10H,1-8H3. The van der Waals surface area contributed by atoms with Crippen LogP contribution in [0.15, 0.2) is 0 Å². The van der Waals surface area contributed by atoms with Crippen molar-refractivity contribution in [2.45, 2.75) is 52.4 Å². The van der Waals surface area contributed by atoms with Crippen molar-refractivity contribution >= 4 is 30.8 Å². The molecule has 0 spiro atoms. The molecule has 0 aromatic carbocycles. The minimum Gasteiger partial charge on any atom is -0.0743 e. The van der Waals surface area contributed by atoms with Crippen LogP contribution >= 0.6 is 0 Å². The van der Waals surface area contributed by atoms with Gasteiger partial charge in [-0.05, 0) is 0 Å². The third kappa shape index (κ3) is 2.21. The van der Waals surface area contributed by atoms with Gasteiger partial charge in [0, 0.05) is 30.8 Å². The molecule has 0 nitrogen and oxygen atoms in total. The Hall–Kier alpha value is 0.868. The Morgan fingerprint density at radius 3 is 0.833 bits per heavy atom. The lowest BCUT2D eigenvalue weighted by atomic mass is 11.9. The molecule has 0 unspecified atom stereocenters. The molecule has 0 rings (SSSR count). The number of hydrogen-bond acceptors (Lipinski definition) is 0. The van der Waals surface area contributed by atoms with Crippen molar-refractivity contribution in [2.75, 3.05) is 0 Å². The Kier molecular flexibility index (Phi) is 4.22. The molecular formula is C8H26Si4. The molecule has 0 heterocycles. The summed E-state index contributed by atoms with van der Waals surface area (Å²) in [5, 5.41) is 0. The molecule has 0 aliphatic carbocycles. The SMILES string of the molecule is C[SiH](C)[Si](C)(C)[Si](C)(C)[SiH](C)C. The van der Waals surface area contributed by atoms with E-state index in [9.17, 15) is 0 Å². The van der Waals surface area contributed by atoms with Crippen LogP contribution in [0.4, 0.5) is 0 Å². The van der Waals surface area contributed by atoms with Crippen LogP contribution in [0.1, 0.15) is 0 Å². The molecule has 0 atom stereocenters. The molecule has 0 bridgehead atoms. The molecular weight excluding hydrogens is 208 g/mol. The molecule has 0 saturated heterocycles. The van der Waals surface area contributed by atoms with Crippen LogP contribution in [0.2, 0.25) is 52.4 Å². The molecule has 0 saturated carbocycles. The summed E-state index contributed by atoms with van der Waals surface area (Å²) in [6.07, 6.45) is 0. The van der Waals surface area contributed by atoms with Gasteiger partial charge >= 0.3 is 0 Å². The van der Waals surface area contributed by atoms with Crippen LogP contribution < -0.4 is 0 Å². The van der Waals surface area contributed by atoms with Gasteiger partial charge in [0.15, 0.2) is 0 Å². The average molecular weight is 235 g/mol. The van der Waals surface area contributed by atoms with Gasteiger partial charge < -0.3 is 0 Å². The van der Waals surface area contributed by atoms with Crippen molar-refractivity contribution < 1.29 is 0 Å². The van der Waals surface area contributed by atoms with Gasteiger partial charge in [-0.3, -0.25) is 0 Å². The third-order valence-corrected chi connectivity index (χ3v) is 67.7. The molecule has 74 valence electrons. The quantitative estimate of drug-likeness (QED) is 0.659. The fourth-order valence-electron chi connectivity index (χ4n) is 1.49. The van der Waals surface area contributed by atoms with Gasteiger partial charge in [0.25, 0.3) is 0 Å². The molecule has 0 N–H and O–H groups in total. The Labute approximate surface area is 83.4 Å². The van der Waals surface area contributed by atoms with Crippen LogP contribution in [-0.2, 0) is 0 Å². The summed E-state index contributed by atoms with van der Waals surface area (Å²) in [7, 11) is -2.11. The first-order chi connectivity index (χ1) is 5.14. The van der Waals surface area contributed by atoms with Crippen molar-refractivity contribution in [1.29, 1.82) is 0 Å². The zero-order chi connectivity index (χ0) is 10.2. The van der Waals surface area contributed by atoms with Crippen LogP contribution in [0.3, 0.4) is 0 Å². The summed E-state index contributed by atoms with van der Waals surface area (Å²) in [4.78, 5) is 0. The first kappa shape index (κ1) is 12.9. The van der Waals surface area contributed by atoms with Crippen molar-refractivity contribution in [1.82, 2.24) is 0 Å². The van der Waals surface area contributed by atoms with Crippen LogP contribution in [0, 0.1) is 0 Å². The Balaban J connectivity index is 4.75. The minimum atomic E-state index is -0.732. The van der Waals surface area contributed by atoms with E-state index in [-0.39, 0.29) is 16.6 Å². The summed E-state index contributed by atoms with van der Waals surface area (Å²) in [5.41, 5.74) is 0. The summed E-state index contributed by atoms with van der Waals surface area (Å²) in [5.74, 6) is 0. The van der Waals surface area contributed by atoms with E-state index >= 15 is 0 Å². The van der Waals surface area contributed by atoms with Crippen LogP contribution in [-0.4, -0.2) is 30.8 Å². The molecule has 0 aliphatic rings. The number of hydrogen-bond donors (Lipinski definition) is 0. The van der Waals surface area contributed by atoms with Crippen molar-refractivity contribution in [3.8, 4) is 0 Å². The largest absolute Gasteiger partial charge is 0.0743 e. The summed E-state index contributed by atoms with van der Waals surface area (Å²) < 4.78 is 0. The molecule has 0 radical (unpaired) electrons. The van der Waals surface area contributed by atoms with E-state index in [1.165, 1.54) is 0 Å². The predicted molar refractivity (Wildman–Crippen MR) is 72.7 cm³/mol. The molecule has 0 amide bonds. The first-order valence-corrected chi connectivity index (χ1v) is 20.4. The van der Waals surface area contributed by atoms with Crippen molar-refractivity contribution in [2.24, 2.45) is 0 Å². The van der Waals surface area contributed by atoms with E-state index in [0.717, 1.165) is 0 Å².